The van der Waals surface area contributed by atoms with E-state index in [1.807, 2.05) is 0 Å². The highest BCUT2D eigenvalue weighted by Gasteiger charge is 2.44. The second-order valence-electron chi connectivity index (χ2n) is 4.31. The first-order valence-electron chi connectivity index (χ1n) is 6.10. The second-order valence-corrected chi connectivity index (χ2v) is 9.03. The van der Waals surface area contributed by atoms with Gasteiger partial charge in [-0.1, -0.05) is 27.7 Å². The molecule has 0 aromatic rings. The SMILES string of the molecule is CC[C@@H]1NC(=O)[C@@H]1O[Si](CC)(CC)CC. The topological polar surface area (TPSA) is 38.3 Å². The lowest BCUT2D eigenvalue weighted by Crippen LogP contribution is -2.66. The predicted molar refractivity (Wildman–Crippen MR) is 64.3 cm³/mol. The van der Waals surface area contributed by atoms with E-state index in [0.29, 0.717) is 0 Å². The van der Waals surface area contributed by atoms with E-state index in [9.17, 15) is 4.79 Å². The average molecular weight is 229 g/mol. The van der Waals surface area contributed by atoms with Crippen molar-refractivity contribution in [3.63, 3.8) is 0 Å². The van der Waals surface area contributed by atoms with Gasteiger partial charge in [-0.3, -0.25) is 4.79 Å². The lowest BCUT2D eigenvalue weighted by Gasteiger charge is -2.42. The second kappa shape index (κ2) is 5.12. The van der Waals surface area contributed by atoms with E-state index >= 15 is 0 Å². The molecule has 0 aromatic heterocycles. The maximum atomic E-state index is 11.4. The molecule has 0 saturated carbocycles. The summed E-state index contributed by atoms with van der Waals surface area (Å²) in [5, 5.41) is 2.90. The number of rotatable bonds is 6. The Morgan fingerprint density at radius 2 is 1.73 bits per heavy atom. The fourth-order valence-electron chi connectivity index (χ4n) is 2.15. The van der Waals surface area contributed by atoms with Gasteiger partial charge in [0.2, 0.25) is 5.91 Å². The number of nitrogens with one attached hydrogen (secondary N) is 1. The van der Waals surface area contributed by atoms with Crippen molar-refractivity contribution in [2.24, 2.45) is 0 Å². The maximum Gasteiger partial charge on any atom is 0.250 e. The van der Waals surface area contributed by atoms with Crippen LogP contribution < -0.4 is 5.32 Å². The minimum absolute atomic E-state index is 0.0917. The molecule has 0 bridgehead atoms. The van der Waals surface area contributed by atoms with Crippen molar-refractivity contribution in [3.05, 3.63) is 0 Å². The smallest absolute Gasteiger partial charge is 0.250 e. The molecule has 0 aliphatic carbocycles. The largest absolute Gasteiger partial charge is 0.403 e. The molecule has 1 saturated heterocycles. The number of amides is 1. The van der Waals surface area contributed by atoms with Crippen molar-refractivity contribution >= 4 is 14.2 Å². The number of β-lactam (4-membered cyclic amide) rings is 1. The van der Waals surface area contributed by atoms with Crippen molar-refractivity contribution in [2.75, 3.05) is 0 Å². The van der Waals surface area contributed by atoms with E-state index < -0.39 is 8.32 Å². The van der Waals surface area contributed by atoms with Gasteiger partial charge in [0.15, 0.2) is 8.32 Å². The summed E-state index contributed by atoms with van der Waals surface area (Å²) in [6.07, 6.45) is 0.819. The van der Waals surface area contributed by atoms with E-state index in [2.05, 4.69) is 33.0 Å². The summed E-state index contributed by atoms with van der Waals surface area (Å²) in [6, 6.07) is 3.59. The molecule has 1 fully saturated rings. The molecule has 1 aliphatic rings. The van der Waals surface area contributed by atoms with Crippen LogP contribution in [0.1, 0.15) is 34.1 Å². The monoisotopic (exact) mass is 229 g/mol. The molecule has 1 aliphatic heterocycles. The third kappa shape index (κ3) is 2.42. The Hall–Kier alpha value is -0.353. The van der Waals surface area contributed by atoms with Gasteiger partial charge in [0.05, 0.1) is 6.04 Å². The molecule has 0 radical (unpaired) electrons. The van der Waals surface area contributed by atoms with E-state index in [1.54, 1.807) is 0 Å². The van der Waals surface area contributed by atoms with E-state index in [1.165, 1.54) is 0 Å². The van der Waals surface area contributed by atoms with Gasteiger partial charge in [0.25, 0.3) is 0 Å². The summed E-state index contributed by atoms with van der Waals surface area (Å²) in [5.41, 5.74) is 0. The number of carbonyl (C=O) groups is 1. The molecule has 1 N–H and O–H groups in total. The Morgan fingerprint density at radius 1 is 1.20 bits per heavy atom. The number of hydrogen-bond acceptors (Lipinski definition) is 2. The Labute approximate surface area is 93.7 Å². The molecule has 1 rings (SSSR count). The van der Waals surface area contributed by atoms with Crippen molar-refractivity contribution < 1.29 is 9.22 Å². The fraction of sp³-hybridized carbons (Fsp3) is 0.909. The summed E-state index contributed by atoms with van der Waals surface area (Å²) in [4.78, 5) is 11.4. The highest BCUT2D eigenvalue weighted by Crippen LogP contribution is 2.27. The van der Waals surface area contributed by atoms with E-state index in [0.717, 1.165) is 24.6 Å². The number of hydrogen-bond donors (Lipinski definition) is 1. The molecule has 1 amide bonds. The van der Waals surface area contributed by atoms with Crippen LogP contribution in [0.25, 0.3) is 0 Å². The molecule has 88 valence electrons. The Balaban J connectivity index is 2.61. The lowest BCUT2D eigenvalue weighted by atomic mass is 10.0. The van der Waals surface area contributed by atoms with Gasteiger partial charge in [0, 0.05) is 0 Å². The number of carbonyl (C=O) groups excluding carboxylic acids is 1. The zero-order chi connectivity index (χ0) is 11.5. The Kier molecular flexibility index (Phi) is 4.34. The molecule has 0 unspecified atom stereocenters. The van der Waals surface area contributed by atoms with Crippen LogP contribution in [0.2, 0.25) is 18.1 Å². The summed E-state index contributed by atoms with van der Waals surface area (Å²) in [5.74, 6) is 0.0917. The van der Waals surface area contributed by atoms with Gasteiger partial charge in [-0.15, -0.1) is 0 Å². The van der Waals surface area contributed by atoms with Gasteiger partial charge in [0.1, 0.15) is 6.10 Å². The first-order chi connectivity index (χ1) is 7.12. The average Bonchev–Trinajstić information content (AvgIpc) is 2.28. The van der Waals surface area contributed by atoms with Crippen LogP contribution in [0.4, 0.5) is 0 Å². The summed E-state index contributed by atoms with van der Waals surface area (Å²) in [6.45, 7) is 8.66. The third-order valence-corrected chi connectivity index (χ3v) is 8.32. The van der Waals surface area contributed by atoms with Gasteiger partial charge in [-0.05, 0) is 24.6 Å². The van der Waals surface area contributed by atoms with Crippen LogP contribution in [0.15, 0.2) is 0 Å². The van der Waals surface area contributed by atoms with Crippen molar-refractivity contribution in [2.45, 2.75) is 64.4 Å². The zero-order valence-corrected chi connectivity index (χ0v) is 11.3. The Morgan fingerprint density at radius 3 is 2.07 bits per heavy atom. The van der Waals surface area contributed by atoms with Crippen LogP contribution in [0, 0.1) is 0 Å². The van der Waals surface area contributed by atoms with Gasteiger partial charge < -0.3 is 9.74 Å². The molecular formula is C11H23NO2Si. The first kappa shape index (κ1) is 12.7. The summed E-state index contributed by atoms with van der Waals surface area (Å²) in [7, 11) is -1.61. The highest BCUT2D eigenvalue weighted by molar-refractivity contribution is 6.73. The summed E-state index contributed by atoms with van der Waals surface area (Å²) >= 11 is 0. The van der Waals surface area contributed by atoms with Gasteiger partial charge >= 0.3 is 0 Å². The van der Waals surface area contributed by atoms with E-state index in [4.69, 9.17) is 4.43 Å². The molecule has 4 heteroatoms. The van der Waals surface area contributed by atoms with Crippen LogP contribution >= 0.6 is 0 Å². The van der Waals surface area contributed by atoms with Crippen LogP contribution in [0.5, 0.6) is 0 Å². The molecular weight excluding hydrogens is 206 g/mol. The minimum Gasteiger partial charge on any atom is -0.403 e. The molecule has 0 spiro atoms. The van der Waals surface area contributed by atoms with Crippen LogP contribution in [-0.4, -0.2) is 26.4 Å². The molecule has 2 atom stereocenters. The van der Waals surface area contributed by atoms with Crippen LogP contribution in [-0.2, 0) is 9.22 Å². The lowest BCUT2D eigenvalue weighted by molar-refractivity contribution is -0.140. The molecule has 15 heavy (non-hydrogen) atoms. The van der Waals surface area contributed by atoms with Gasteiger partial charge in [-0.2, -0.15) is 0 Å². The predicted octanol–water partition coefficient (Wildman–Crippen LogP) is 2.29. The molecule has 0 aromatic carbocycles. The molecule has 1 heterocycles. The fourth-order valence-corrected chi connectivity index (χ4v) is 4.96. The van der Waals surface area contributed by atoms with Crippen molar-refractivity contribution in [3.8, 4) is 0 Å². The zero-order valence-electron chi connectivity index (χ0n) is 10.3. The maximum absolute atomic E-state index is 11.4. The Bertz CT molecular complexity index is 220. The van der Waals surface area contributed by atoms with E-state index in [-0.39, 0.29) is 18.1 Å². The normalized spacial score (nSPS) is 26.0. The standard InChI is InChI=1S/C11H23NO2Si/c1-5-9-10(11(13)12-9)14-15(6-2,7-3)8-4/h9-10H,5-8H2,1-4H3,(H,12,13)/t9-,10+/m0/s1. The highest BCUT2D eigenvalue weighted by atomic mass is 28.4. The van der Waals surface area contributed by atoms with Crippen LogP contribution in [0.3, 0.4) is 0 Å². The molecule has 3 nitrogen and oxygen atoms in total. The summed E-state index contributed by atoms with van der Waals surface area (Å²) < 4.78 is 6.16. The first-order valence-corrected chi connectivity index (χ1v) is 8.63. The van der Waals surface area contributed by atoms with Crippen molar-refractivity contribution in [1.82, 2.24) is 5.32 Å². The quantitative estimate of drug-likeness (QED) is 0.560. The van der Waals surface area contributed by atoms with Gasteiger partial charge in [-0.25, -0.2) is 0 Å². The van der Waals surface area contributed by atoms with Crippen molar-refractivity contribution in [1.29, 1.82) is 0 Å². The minimum atomic E-state index is -1.61. The third-order valence-electron chi connectivity index (χ3n) is 3.70.